The molecule has 0 atom stereocenters. The number of hydrogen-bond acceptors (Lipinski definition) is 4. The van der Waals surface area contributed by atoms with Crippen molar-refractivity contribution in [3.8, 4) is 0 Å². The zero-order chi connectivity index (χ0) is 14.7. The number of hydrogen-bond donors (Lipinski definition) is 1. The molecule has 21 heavy (non-hydrogen) atoms. The summed E-state index contributed by atoms with van der Waals surface area (Å²) < 4.78 is 0. The van der Waals surface area contributed by atoms with E-state index >= 15 is 0 Å². The highest BCUT2D eigenvalue weighted by molar-refractivity contribution is 5.91. The van der Waals surface area contributed by atoms with Crippen molar-refractivity contribution in [1.29, 1.82) is 0 Å². The lowest BCUT2D eigenvalue weighted by atomic mass is 10.1. The van der Waals surface area contributed by atoms with Crippen LogP contribution in [0.5, 0.6) is 0 Å². The van der Waals surface area contributed by atoms with E-state index in [1.54, 1.807) is 6.21 Å². The number of hydrazone groups is 1. The lowest BCUT2D eigenvalue weighted by Crippen LogP contribution is -1.96. The minimum atomic E-state index is 0.831. The Bertz CT molecular complexity index is 809. The molecule has 0 spiro atoms. The number of pyridine rings is 2. The second-order valence-electron chi connectivity index (χ2n) is 4.90. The second kappa shape index (κ2) is 5.71. The van der Waals surface area contributed by atoms with Gasteiger partial charge < -0.3 is 0 Å². The quantitative estimate of drug-likeness (QED) is 0.586. The van der Waals surface area contributed by atoms with Gasteiger partial charge in [-0.3, -0.25) is 15.4 Å². The van der Waals surface area contributed by atoms with Crippen molar-refractivity contribution < 1.29 is 0 Å². The van der Waals surface area contributed by atoms with E-state index in [9.17, 15) is 0 Å². The van der Waals surface area contributed by atoms with Crippen LogP contribution in [0.2, 0.25) is 0 Å². The van der Waals surface area contributed by atoms with E-state index in [2.05, 4.69) is 20.5 Å². The molecule has 2 heterocycles. The van der Waals surface area contributed by atoms with Gasteiger partial charge in [0.2, 0.25) is 0 Å². The standard InChI is InChI=1S/C17H16N4/c1-12-6-5-7-14(19-12)11-18-21-17-10-13(2)20-16-9-4-3-8-15(16)17/h3-11H,1-2H3,(H,20,21). The molecule has 0 bridgehead atoms. The van der Waals surface area contributed by atoms with Crippen LogP contribution in [0.25, 0.3) is 10.9 Å². The van der Waals surface area contributed by atoms with Gasteiger partial charge in [0, 0.05) is 16.8 Å². The smallest absolute Gasteiger partial charge is 0.0833 e. The van der Waals surface area contributed by atoms with Crippen molar-refractivity contribution in [3.05, 3.63) is 65.6 Å². The Labute approximate surface area is 123 Å². The summed E-state index contributed by atoms with van der Waals surface area (Å²) in [5.41, 5.74) is 7.76. The fraction of sp³-hybridized carbons (Fsp3) is 0.118. The third kappa shape index (κ3) is 3.05. The molecule has 0 fully saturated rings. The maximum atomic E-state index is 4.51. The average Bonchev–Trinajstić information content (AvgIpc) is 2.47. The predicted molar refractivity (Wildman–Crippen MR) is 86.7 cm³/mol. The van der Waals surface area contributed by atoms with Crippen LogP contribution in [0.15, 0.2) is 53.6 Å². The summed E-state index contributed by atoms with van der Waals surface area (Å²) in [4.78, 5) is 8.89. The first-order valence-electron chi connectivity index (χ1n) is 6.81. The molecule has 0 aliphatic rings. The summed E-state index contributed by atoms with van der Waals surface area (Å²) in [5.74, 6) is 0. The largest absolute Gasteiger partial charge is 0.278 e. The molecule has 1 aromatic carbocycles. The first kappa shape index (κ1) is 13.2. The molecule has 3 rings (SSSR count). The summed E-state index contributed by atoms with van der Waals surface area (Å²) in [6.45, 7) is 3.94. The number of para-hydroxylation sites is 1. The molecule has 0 saturated carbocycles. The molecular formula is C17H16N4. The fourth-order valence-electron chi connectivity index (χ4n) is 2.20. The van der Waals surface area contributed by atoms with E-state index in [0.29, 0.717) is 0 Å². The van der Waals surface area contributed by atoms with Gasteiger partial charge in [0.25, 0.3) is 0 Å². The summed E-state index contributed by atoms with van der Waals surface area (Å²) in [5, 5.41) is 5.33. The van der Waals surface area contributed by atoms with Crippen molar-refractivity contribution in [2.45, 2.75) is 13.8 Å². The van der Waals surface area contributed by atoms with E-state index < -0.39 is 0 Å². The van der Waals surface area contributed by atoms with Crippen LogP contribution in [0.3, 0.4) is 0 Å². The Hall–Kier alpha value is -2.75. The Morgan fingerprint density at radius 2 is 1.81 bits per heavy atom. The number of rotatable bonds is 3. The van der Waals surface area contributed by atoms with Gasteiger partial charge in [0.15, 0.2) is 0 Å². The first-order chi connectivity index (χ1) is 10.2. The lowest BCUT2D eigenvalue weighted by molar-refractivity contribution is 1.18. The van der Waals surface area contributed by atoms with Crippen molar-refractivity contribution in [3.63, 3.8) is 0 Å². The number of nitrogens with one attached hydrogen (secondary N) is 1. The van der Waals surface area contributed by atoms with E-state index in [1.807, 2.05) is 62.4 Å². The minimum absolute atomic E-state index is 0.831. The van der Waals surface area contributed by atoms with Gasteiger partial charge in [-0.05, 0) is 38.1 Å². The number of anilines is 1. The molecule has 0 aliphatic carbocycles. The van der Waals surface area contributed by atoms with Gasteiger partial charge in [0.05, 0.1) is 23.1 Å². The number of benzene rings is 1. The SMILES string of the molecule is Cc1cccc(C=NNc2cc(C)nc3ccccc23)n1. The third-order valence-electron chi connectivity index (χ3n) is 3.14. The van der Waals surface area contributed by atoms with E-state index in [0.717, 1.165) is 33.7 Å². The van der Waals surface area contributed by atoms with Crippen LogP contribution in [0.4, 0.5) is 5.69 Å². The summed E-state index contributed by atoms with van der Waals surface area (Å²) >= 11 is 0. The average molecular weight is 276 g/mol. The molecular weight excluding hydrogens is 260 g/mol. The van der Waals surface area contributed by atoms with Crippen LogP contribution in [0, 0.1) is 13.8 Å². The van der Waals surface area contributed by atoms with Gasteiger partial charge >= 0.3 is 0 Å². The van der Waals surface area contributed by atoms with Gasteiger partial charge in [-0.1, -0.05) is 24.3 Å². The normalized spacial score (nSPS) is 11.1. The number of aromatic nitrogens is 2. The molecule has 0 amide bonds. The molecule has 0 radical (unpaired) electrons. The molecule has 0 unspecified atom stereocenters. The van der Waals surface area contributed by atoms with Crippen molar-refractivity contribution in [2.24, 2.45) is 5.10 Å². The summed E-state index contributed by atoms with van der Waals surface area (Å²) in [7, 11) is 0. The molecule has 3 aromatic rings. The molecule has 2 aromatic heterocycles. The third-order valence-corrected chi connectivity index (χ3v) is 3.14. The first-order valence-corrected chi connectivity index (χ1v) is 6.81. The topological polar surface area (TPSA) is 50.2 Å². The Morgan fingerprint density at radius 1 is 0.952 bits per heavy atom. The van der Waals surface area contributed by atoms with Crippen LogP contribution < -0.4 is 5.43 Å². The molecule has 1 N–H and O–H groups in total. The van der Waals surface area contributed by atoms with E-state index in [-0.39, 0.29) is 0 Å². The molecule has 0 saturated heterocycles. The van der Waals surface area contributed by atoms with E-state index in [1.165, 1.54) is 0 Å². The summed E-state index contributed by atoms with van der Waals surface area (Å²) in [6, 6.07) is 15.9. The highest BCUT2D eigenvalue weighted by atomic mass is 15.3. The fourth-order valence-corrected chi connectivity index (χ4v) is 2.20. The van der Waals surface area contributed by atoms with Gasteiger partial charge in [-0.25, -0.2) is 0 Å². The molecule has 4 heteroatoms. The zero-order valence-corrected chi connectivity index (χ0v) is 12.0. The summed E-state index contributed by atoms with van der Waals surface area (Å²) in [6.07, 6.45) is 1.72. The van der Waals surface area contributed by atoms with Crippen LogP contribution in [-0.2, 0) is 0 Å². The second-order valence-corrected chi connectivity index (χ2v) is 4.90. The maximum Gasteiger partial charge on any atom is 0.0833 e. The molecule has 4 nitrogen and oxygen atoms in total. The Morgan fingerprint density at radius 3 is 2.67 bits per heavy atom. The minimum Gasteiger partial charge on any atom is -0.278 e. The van der Waals surface area contributed by atoms with Crippen LogP contribution >= 0.6 is 0 Å². The van der Waals surface area contributed by atoms with Crippen molar-refractivity contribution in [2.75, 3.05) is 5.43 Å². The number of nitrogens with zero attached hydrogens (tertiary/aromatic N) is 3. The van der Waals surface area contributed by atoms with Gasteiger partial charge in [-0.2, -0.15) is 5.10 Å². The van der Waals surface area contributed by atoms with Crippen molar-refractivity contribution in [1.82, 2.24) is 9.97 Å². The van der Waals surface area contributed by atoms with Crippen LogP contribution in [-0.4, -0.2) is 16.2 Å². The maximum absolute atomic E-state index is 4.51. The van der Waals surface area contributed by atoms with Gasteiger partial charge in [-0.15, -0.1) is 0 Å². The number of fused-ring (bicyclic) bond motifs is 1. The monoisotopic (exact) mass is 276 g/mol. The highest BCUT2D eigenvalue weighted by Gasteiger charge is 2.02. The predicted octanol–water partition coefficient (Wildman–Crippen LogP) is 3.69. The molecule has 104 valence electrons. The number of aryl methyl sites for hydroxylation is 2. The Balaban J connectivity index is 1.88. The molecule has 0 aliphatic heterocycles. The van der Waals surface area contributed by atoms with Crippen LogP contribution in [0.1, 0.15) is 17.1 Å². The zero-order valence-electron chi connectivity index (χ0n) is 12.0. The highest BCUT2D eigenvalue weighted by Crippen LogP contribution is 2.22. The Kier molecular flexibility index (Phi) is 3.60. The van der Waals surface area contributed by atoms with E-state index in [4.69, 9.17) is 0 Å². The van der Waals surface area contributed by atoms with Crippen molar-refractivity contribution >= 4 is 22.8 Å². The van der Waals surface area contributed by atoms with Gasteiger partial charge in [0.1, 0.15) is 0 Å². The lowest BCUT2D eigenvalue weighted by Gasteiger charge is -2.06.